The molecule has 1 aromatic carbocycles. The Bertz CT molecular complexity index is 1600. The molecular formula is C50H70O2. The summed E-state index contributed by atoms with van der Waals surface area (Å²) in [5, 5.41) is 0. The van der Waals surface area contributed by atoms with Crippen molar-refractivity contribution in [2.24, 2.45) is 0 Å². The van der Waals surface area contributed by atoms with E-state index in [-0.39, 0.29) is 11.6 Å². The van der Waals surface area contributed by atoms with Crippen molar-refractivity contribution in [3.05, 3.63) is 140 Å². The number of hydrogen-bond donors (Lipinski definition) is 0. The Morgan fingerprint density at radius 2 is 0.731 bits per heavy atom. The van der Waals surface area contributed by atoms with E-state index < -0.39 is 0 Å². The van der Waals surface area contributed by atoms with Crippen LogP contribution in [0.15, 0.2) is 129 Å². The summed E-state index contributed by atoms with van der Waals surface area (Å²) < 4.78 is 0. The lowest BCUT2D eigenvalue weighted by molar-refractivity contribution is 0.0983. The number of carbonyl (C=O) groups excluding carboxylic acids is 2. The molecule has 0 amide bonds. The second kappa shape index (κ2) is 25.2. The van der Waals surface area contributed by atoms with E-state index in [1.165, 1.54) is 63.5 Å². The highest BCUT2D eigenvalue weighted by Crippen LogP contribution is 2.24. The highest BCUT2D eigenvalue weighted by atomic mass is 16.1. The predicted molar refractivity (Wildman–Crippen MR) is 228 cm³/mol. The number of fused-ring (bicyclic) bond motifs is 1. The number of carbonyl (C=O) groups is 2. The van der Waals surface area contributed by atoms with Crippen molar-refractivity contribution in [3.8, 4) is 0 Å². The molecule has 0 saturated heterocycles. The van der Waals surface area contributed by atoms with Crippen LogP contribution in [0.25, 0.3) is 0 Å². The van der Waals surface area contributed by atoms with E-state index >= 15 is 0 Å². The zero-order valence-electron chi connectivity index (χ0n) is 34.4. The van der Waals surface area contributed by atoms with Crippen molar-refractivity contribution < 1.29 is 9.59 Å². The number of allylic oxidation sites excluding steroid dienone is 18. The summed E-state index contributed by atoms with van der Waals surface area (Å²) in [6.07, 6.45) is 36.6. The third-order valence-corrected chi connectivity index (χ3v) is 9.98. The Morgan fingerprint density at radius 3 is 1.08 bits per heavy atom. The van der Waals surface area contributed by atoms with Gasteiger partial charge in [-0.05, 0) is 165 Å². The van der Waals surface area contributed by atoms with E-state index in [1.807, 2.05) is 6.07 Å². The van der Waals surface area contributed by atoms with E-state index in [4.69, 9.17) is 0 Å². The molecule has 0 aliphatic heterocycles. The maximum absolute atomic E-state index is 12.8. The molecule has 0 bridgehead atoms. The van der Waals surface area contributed by atoms with Crippen LogP contribution in [0, 0.1) is 0 Å². The minimum atomic E-state index is -0.0693. The molecule has 0 N–H and O–H groups in total. The molecule has 1 aliphatic rings. The van der Waals surface area contributed by atoms with Gasteiger partial charge in [-0.25, -0.2) is 0 Å². The average molecular weight is 703 g/mol. The first kappa shape index (κ1) is 44.4. The third kappa shape index (κ3) is 19.2. The molecule has 1 aromatic rings. The second-order valence-electron chi connectivity index (χ2n) is 15.5. The van der Waals surface area contributed by atoms with E-state index in [0.717, 1.165) is 77.0 Å². The van der Waals surface area contributed by atoms with Crippen LogP contribution < -0.4 is 0 Å². The Kier molecular flexibility index (Phi) is 21.5. The lowest BCUT2D eigenvalue weighted by atomic mass is 9.88. The van der Waals surface area contributed by atoms with Gasteiger partial charge in [0.1, 0.15) is 0 Å². The Hall–Kier alpha value is -3.78. The standard InChI is InChI=1S/C50H70O2/c1-38(2)19-12-20-39(3)21-13-22-40(4)23-14-24-41(5)25-15-26-42(6)27-16-28-43(7)29-17-30-44(8)31-18-32-45(9)35-36-46-37-49(51)47-33-10-11-34-48(47)50(46)52/h10-11,19,21,23,25,27,29,31,33-35,37H,12-18,20,22,24,26,28,30,32,36H2,1-9H3/b39-21+,40-23+,41-25+,42-27+,43-29-,44-31+,45-35+. The van der Waals surface area contributed by atoms with Crippen molar-refractivity contribution in [2.45, 2.75) is 159 Å². The summed E-state index contributed by atoms with van der Waals surface area (Å²) in [6.45, 7) is 20.1. The molecule has 0 spiro atoms. The van der Waals surface area contributed by atoms with Crippen molar-refractivity contribution in [1.82, 2.24) is 0 Å². The molecule has 0 fully saturated rings. The molecule has 2 heteroatoms. The molecule has 52 heavy (non-hydrogen) atoms. The first-order chi connectivity index (χ1) is 24.8. The van der Waals surface area contributed by atoms with E-state index in [2.05, 4.69) is 111 Å². The molecule has 0 atom stereocenters. The van der Waals surface area contributed by atoms with Gasteiger partial charge in [0.2, 0.25) is 0 Å². The number of ketones is 2. The summed E-state index contributed by atoms with van der Waals surface area (Å²) in [5.41, 5.74) is 13.2. The van der Waals surface area contributed by atoms with Crippen LogP contribution in [-0.4, -0.2) is 11.6 Å². The van der Waals surface area contributed by atoms with Gasteiger partial charge >= 0.3 is 0 Å². The molecule has 0 radical (unpaired) electrons. The van der Waals surface area contributed by atoms with Crippen LogP contribution in [0.4, 0.5) is 0 Å². The number of rotatable bonds is 23. The van der Waals surface area contributed by atoms with Gasteiger partial charge in [0.15, 0.2) is 11.6 Å². The summed E-state index contributed by atoms with van der Waals surface area (Å²) >= 11 is 0. The van der Waals surface area contributed by atoms with Crippen LogP contribution >= 0.6 is 0 Å². The maximum atomic E-state index is 12.8. The van der Waals surface area contributed by atoms with Gasteiger partial charge in [-0.2, -0.15) is 0 Å². The predicted octanol–water partition coefficient (Wildman–Crippen LogP) is 15.4. The fourth-order valence-electron chi connectivity index (χ4n) is 6.39. The monoisotopic (exact) mass is 703 g/mol. The quantitative estimate of drug-likeness (QED) is 0.106. The Morgan fingerprint density at radius 1 is 0.423 bits per heavy atom. The third-order valence-electron chi connectivity index (χ3n) is 9.98. The summed E-state index contributed by atoms with van der Waals surface area (Å²) in [4.78, 5) is 25.2. The highest BCUT2D eigenvalue weighted by molar-refractivity contribution is 6.24. The minimum Gasteiger partial charge on any atom is -0.289 e. The Balaban J connectivity index is 1.60. The average Bonchev–Trinajstić information content (AvgIpc) is 3.09. The van der Waals surface area contributed by atoms with Crippen molar-refractivity contribution in [2.75, 3.05) is 0 Å². The largest absolute Gasteiger partial charge is 0.289 e. The number of Topliss-reactive ketones (excluding diaryl/α,β-unsaturated/α-hetero) is 1. The van der Waals surface area contributed by atoms with Gasteiger partial charge < -0.3 is 0 Å². The van der Waals surface area contributed by atoms with Crippen LogP contribution in [0.3, 0.4) is 0 Å². The highest BCUT2D eigenvalue weighted by Gasteiger charge is 2.24. The van der Waals surface area contributed by atoms with E-state index in [9.17, 15) is 9.59 Å². The lowest BCUT2D eigenvalue weighted by Crippen LogP contribution is -2.16. The molecule has 2 rings (SSSR count). The van der Waals surface area contributed by atoms with Gasteiger partial charge in [-0.1, -0.05) is 117 Å². The van der Waals surface area contributed by atoms with Crippen molar-refractivity contribution >= 4 is 11.6 Å². The zero-order chi connectivity index (χ0) is 38.3. The molecule has 1 aliphatic carbocycles. The van der Waals surface area contributed by atoms with E-state index in [1.54, 1.807) is 18.2 Å². The van der Waals surface area contributed by atoms with Gasteiger partial charge in [-0.3, -0.25) is 9.59 Å². The van der Waals surface area contributed by atoms with Crippen LogP contribution in [0.2, 0.25) is 0 Å². The van der Waals surface area contributed by atoms with Gasteiger partial charge in [0.25, 0.3) is 0 Å². The van der Waals surface area contributed by atoms with Gasteiger partial charge in [-0.15, -0.1) is 0 Å². The number of benzene rings is 1. The first-order valence-electron chi connectivity index (χ1n) is 20.0. The normalized spacial score (nSPS) is 15.2. The topological polar surface area (TPSA) is 34.1 Å². The van der Waals surface area contributed by atoms with Crippen LogP contribution in [0.1, 0.15) is 179 Å². The molecule has 0 aromatic heterocycles. The molecule has 0 heterocycles. The van der Waals surface area contributed by atoms with Crippen molar-refractivity contribution in [3.63, 3.8) is 0 Å². The number of hydrogen-bond acceptors (Lipinski definition) is 2. The van der Waals surface area contributed by atoms with Crippen LogP contribution in [0.5, 0.6) is 0 Å². The zero-order valence-corrected chi connectivity index (χ0v) is 34.4. The summed E-state index contributed by atoms with van der Waals surface area (Å²) in [7, 11) is 0. The molecule has 282 valence electrons. The minimum absolute atomic E-state index is 0.0247. The van der Waals surface area contributed by atoms with Crippen LogP contribution in [-0.2, 0) is 0 Å². The van der Waals surface area contributed by atoms with Gasteiger partial charge in [0.05, 0.1) is 0 Å². The fourth-order valence-corrected chi connectivity index (χ4v) is 6.39. The lowest BCUT2D eigenvalue weighted by Gasteiger charge is -2.14. The second-order valence-corrected chi connectivity index (χ2v) is 15.5. The van der Waals surface area contributed by atoms with Gasteiger partial charge in [0, 0.05) is 16.7 Å². The molecule has 0 saturated carbocycles. The summed E-state index contributed by atoms with van der Waals surface area (Å²) in [5.74, 6) is -0.0940. The molecule has 0 unspecified atom stereocenters. The molecular weight excluding hydrogens is 633 g/mol. The van der Waals surface area contributed by atoms with Crippen molar-refractivity contribution in [1.29, 1.82) is 0 Å². The molecule has 2 nitrogen and oxygen atoms in total. The maximum Gasteiger partial charge on any atom is 0.190 e. The van der Waals surface area contributed by atoms with E-state index in [0.29, 0.717) is 23.1 Å². The summed E-state index contributed by atoms with van der Waals surface area (Å²) in [6, 6.07) is 7.10. The fraction of sp³-hybridized carbons (Fsp3) is 0.480. The Labute approximate surface area is 319 Å². The smallest absolute Gasteiger partial charge is 0.190 e. The first-order valence-corrected chi connectivity index (χ1v) is 20.0. The SMILES string of the molecule is CC(C)=CCC/C(C)=C/CC/C(C)=C/CC/C(C)=C/CC/C(C)=C/CC/C(C)=C\CC/C(C)=C/CC/C(C)=C/CC1=CC(=O)c2ccccc2C1=O.